The summed E-state index contributed by atoms with van der Waals surface area (Å²) in [5.41, 5.74) is -0.259. The zero-order valence-electron chi connectivity index (χ0n) is 13.8. The number of anilines is 1. The molecule has 1 aliphatic rings. The van der Waals surface area contributed by atoms with E-state index in [0.717, 1.165) is 6.07 Å². The first kappa shape index (κ1) is 18.2. The summed E-state index contributed by atoms with van der Waals surface area (Å²) >= 11 is 0. The van der Waals surface area contributed by atoms with E-state index < -0.39 is 18.0 Å². The smallest absolute Gasteiger partial charge is 0.435 e. The second-order valence-electron chi connectivity index (χ2n) is 5.87. The van der Waals surface area contributed by atoms with Crippen LogP contribution in [0, 0.1) is 0 Å². The largest absolute Gasteiger partial charge is 0.443 e. The number of halogens is 3. The number of hydrogen-bond donors (Lipinski definition) is 1. The number of amides is 1. The predicted molar refractivity (Wildman–Crippen MR) is 86.6 cm³/mol. The molecule has 3 rings (SSSR count). The van der Waals surface area contributed by atoms with Gasteiger partial charge < -0.3 is 9.47 Å². The quantitative estimate of drug-likeness (QED) is 0.885. The maximum Gasteiger partial charge on any atom is 0.435 e. The Morgan fingerprint density at radius 2 is 1.96 bits per heavy atom. The summed E-state index contributed by atoms with van der Waals surface area (Å²) in [4.78, 5) is 11.9. The summed E-state index contributed by atoms with van der Waals surface area (Å²) in [6.45, 7) is 0.612. The van der Waals surface area contributed by atoms with Gasteiger partial charge in [-0.05, 0) is 31.0 Å². The topological polar surface area (TPSA) is 65.4 Å². The number of nitrogens with zero attached hydrogens (tertiary/aromatic N) is 2. The zero-order valence-corrected chi connectivity index (χ0v) is 13.8. The average molecular weight is 369 g/mol. The molecule has 1 aromatic heterocycles. The van der Waals surface area contributed by atoms with Crippen LogP contribution in [0.15, 0.2) is 36.4 Å². The molecule has 1 saturated heterocycles. The molecule has 0 radical (unpaired) electrons. The molecule has 0 spiro atoms. The van der Waals surface area contributed by atoms with E-state index in [1.807, 2.05) is 0 Å². The molecule has 0 saturated carbocycles. The Balaban J connectivity index is 1.71. The minimum absolute atomic E-state index is 0.201. The molecule has 6 nitrogen and oxygen atoms in total. The molecule has 1 amide bonds. The lowest BCUT2D eigenvalue weighted by atomic mass is 10.1. The zero-order chi connectivity index (χ0) is 18.6. The lowest BCUT2D eigenvalue weighted by Gasteiger charge is -2.24. The van der Waals surface area contributed by atoms with E-state index in [1.54, 1.807) is 30.3 Å². The predicted octanol–water partition coefficient (Wildman–Crippen LogP) is 4.00. The van der Waals surface area contributed by atoms with Gasteiger partial charge in [-0.3, -0.25) is 10.00 Å². The van der Waals surface area contributed by atoms with Crippen molar-refractivity contribution in [3.8, 4) is 0 Å². The van der Waals surface area contributed by atoms with Gasteiger partial charge in [0.15, 0.2) is 5.69 Å². The fourth-order valence-electron chi connectivity index (χ4n) is 2.74. The Hall–Kier alpha value is -2.55. The van der Waals surface area contributed by atoms with Crippen LogP contribution >= 0.6 is 0 Å². The van der Waals surface area contributed by atoms with Gasteiger partial charge in [0, 0.05) is 18.9 Å². The summed E-state index contributed by atoms with van der Waals surface area (Å²) in [5, 5.41) is 6.21. The van der Waals surface area contributed by atoms with Crippen molar-refractivity contribution in [2.75, 3.05) is 18.5 Å². The molecule has 0 atom stereocenters. The van der Waals surface area contributed by atoms with Crippen molar-refractivity contribution in [3.05, 3.63) is 47.8 Å². The molecule has 140 valence electrons. The highest BCUT2D eigenvalue weighted by Crippen LogP contribution is 2.31. The number of carbonyl (C=O) groups is 1. The van der Waals surface area contributed by atoms with Gasteiger partial charge in [-0.25, -0.2) is 4.79 Å². The van der Waals surface area contributed by atoms with E-state index in [4.69, 9.17) is 9.47 Å². The number of carbonyl (C=O) groups excluding carboxylic acids is 1. The minimum Gasteiger partial charge on any atom is -0.443 e. The summed E-state index contributed by atoms with van der Waals surface area (Å²) in [6, 6.07) is 9.34. The molecule has 1 aliphatic heterocycles. The SMILES string of the molecule is O=C(Nc1ccccc1)OCc1cc(C(F)(F)F)nn1C1CCOCC1. The average Bonchev–Trinajstić information content (AvgIpc) is 3.06. The first-order valence-corrected chi connectivity index (χ1v) is 8.15. The first-order chi connectivity index (χ1) is 12.4. The highest BCUT2D eigenvalue weighted by atomic mass is 19.4. The molecule has 0 unspecified atom stereocenters. The van der Waals surface area contributed by atoms with E-state index in [1.165, 1.54) is 4.68 Å². The maximum atomic E-state index is 13.0. The number of ether oxygens (including phenoxy) is 2. The number of para-hydroxylation sites is 1. The van der Waals surface area contributed by atoms with E-state index in [0.29, 0.717) is 31.7 Å². The van der Waals surface area contributed by atoms with Gasteiger partial charge >= 0.3 is 12.3 Å². The third-order valence-electron chi connectivity index (χ3n) is 4.01. The molecular weight excluding hydrogens is 351 g/mol. The van der Waals surface area contributed by atoms with Crippen LogP contribution in [0.3, 0.4) is 0 Å². The molecule has 9 heteroatoms. The lowest BCUT2D eigenvalue weighted by Crippen LogP contribution is -2.23. The summed E-state index contributed by atoms with van der Waals surface area (Å²) in [7, 11) is 0. The van der Waals surface area contributed by atoms with Gasteiger partial charge in [0.05, 0.1) is 11.7 Å². The van der Waals surface area contributed by atoms with Gasteiger partial charge in [0.25, 0.3) is 0 Å². The van der Waals surface area contributed by atoms with E-state index in [-0.39, 0.29) is 18.3 Å². The molecule has 2 aromatic rings. The second-order valence-corrected chi connectivity index (χ2v) is 5.87. The molecule has 0 bridgehead atoms. The molecular formula is C17H18F3N3O3. The lowest BCUT2D eigenvalue weighted by molar-refractivity contribution is -0.141. The number of hydrogen-bond acceptors (Lipinski definition) is 4. The van der Waals surface area contributed by atoms with Crippen molar-refractivity contribution < 1.29 is 27.4 Å². The van der Waals surface area contributed by atoms with E-state index >= 15 is 0 Å². The van der Waals surface area contributed by atoms with Crippen molar-refractivity contribution in [2.24, 2.45) is 0 Å². The monoisotopic (exact) mass is 369 g/mol. The van der Waals surface area contributed by atoms with E-state index in [2.05, 4.69) is 10.4 Å². The van der Waals surface area contributed by atoms with Crippen molar-refractivity contribution in [3.63, 3.8) is 0 Å². The molecule has 1 N–H and O–H groups in total. The Bertz CT molecular complexity index is 741. The van der Waals surface area contributed by atoms with Crippen LogP contribution in [0.4, 0.5) is 23.7 Å². The van der Waals surface area contributed by atoms with Gasteiger partial charge in [-0.15, -0.1) is 0 Å². The Labute approximate surface area is 147 Å². The highest BCUT2D eigenvalue weighted by Gasteiger charge is 2.36. The summed E-state index contributed by atoms with van der Waals surface area (Å²) in [6.07, 6.45) is -4.19. The third kappa shape index (κ3) is 4.54. The van der Waals surface area contributed by atoms with Crippen LogP contribution < -0.4 is 5.32 Å². The highest BCUT2D eigenvalue weighted by molar-refractivity contribution is 5.84. The Morgan fingerprint density at radius 1 is 1.27 bits per heavy atom. The number of nitrogens with one attached hydrogen (secondary N) is 1. The van der Waals surface area contributed by atoms with Gasteiger partial charge in [0.2, 0.25) is 0 Å². The number of rotatable bonds is 4. The van der Waals surface area contributed by atoms with Crippen LogP contribution in [0.1, 0.15) is 30.3 Å². The first-order valence-electron chi connectivity index (χ1n) is 8.15. The molecule has 1 fully saturated rings. The fraction of sp³-hybridized carbons (Fsp3) is 0.412. The molecule has 26 heavy (non-hydrogen) atoms. The van der Waals surface area contributed by atoms with Gasteiger partial charge in [-0.1, -0.05) is 18.2 Å². The molecule has 0 aliphatic carbocycles. The van der Waals surface area contributed by atoms with Gasteiger partial charge in [-0.2, -0.15) is 18.3 Å². The second kappa shape index (κ2) is 7.77. The number of benzene rings is 1. The Kier molecular flexibility index (Phi) is 5.46. The normalized spacial score (nSPS) is 15.7. The van der Waals surface area contributed by atoms with Gasteiger partial charge in [0.1, 0.15) is 6.61 Å². The van der Waals surface area contributed by atoms with Crippen molar-refractivity contribution in [1.82, 2.24) is 9.78 Å². The van der Waals surface area contributed by atoms with E-state index in [9.17, 15) is 18.0 Å². The minimum atomic E-state index is -4.56. The molecule has 2 heterocycles. The maximum absolute atomic E-state index is 13.0. The summed E-state index contributed by atoms with van der Waals surface area (Å²) < 4.78 is 50.7. The summed E-state index contributed by atoms with van der Waals surface area (Å²) in [5.74, 6) is 0. The van der Waals surface area contributed by atoms with Crippen LogP contribution in [0.5, 0.6) is 0 Å². The van der Waals surface area contributed by atoms with Crippen molar-refractivity contribution >= 4 is 11.8 Å². The van der Waals surface area contributed by atoms with Crippen LogP contribution in [0.25, 0.3) is 0 Å². The number of aromatic nitrogens is 2. The standard InChI is InChI=1S/C17H18F3N3O3/c18-17(19,20)15-10-14(23(22-15)13-6-8-25-9-7-13)11-26-16(24)21-12-4-2-1-3-5-12/h1-5,10,13H,6-9,11H2,(H,21,24). The third-order valence-corrected chi connectivity index (χ3v) is 4.01. The molecule has 1 aromatic carbocycles. The Morgan fingerprint density at radius 3 is 2.62 bits per heavy atom. The van der Waals surface area contributed by atoms with Crippen molar-refractivity contribution in [2.45, 2.75) is 31.7 Å². The number of alkyl halides is 3. The van der Waals surface area contributed by atoms with Crippen molar-refractivity contribution in [1.29, 1.82) is 0 Å². The van der Waals surface area contributed by atoms with Crippen LogP contribution in [-0.2, 0) is 22.3 Å². The van der Waals surface area contributed by atoms with Crippen LogP contribution in [0.2, 0.25) is 0 Å². The van der Waals surface area contributed by atoms with Crippen LogP contribution in [-0.4, -0.2) is 29.1 Å². The fourth-order valence-corrected chi connectivity index (χ4v) is 2.74.